The number of cyclic esters (lactones) is 1. The first kappa shape index (κ1) is 16.2. The molecule has 24 heavy (non-hydrogen) atoms. The molecule has 0 N–H and O–H groups in total. The summed E-state index contributed by atoms with van der Waals surface area (Å²) < 4.78 is 19.6. The number of rotatable bonds is 4. The van der Waals surface area contributed by atoms with E-state index in [0.29, 0.717) is 11.4 Å². The third kappa shape index (κ3) is 3.47. The molecule has 1 aromatic rings. The summed E-state index contributed by atoms with van der Waals surface area (Å²) >= 11 is 1.62. The molecular formula is C15H14FN5O2S. The molecular weight excluding hydrogens is 333 g/mol. The van der Waals surface area contributed by atoms with Crippen LogP contribution in [0.15, 0.2) is 47.2 Å². The normalized spacial score (nSPS) is 19.9. The number of hydrogen-bond donors (Lipinski definition) is 0. The average Bonchev–Trinajstić information content (AvgIpc) is 2.77. The molecule has 124 valence electrons. The number of nitrogens with zero attached hydrogens (tertiary/aromatic N) is 5. The number of azide groups is 1. The molecule has 0 aromatic heterocycles. The van der Waals surface area contributed by atoms with Crippen LogP contribution in [0.3, 0.4) is 0 Å². The third-order valence-electron chi connectivity index (χ3n) is 3.52. The van der Waals surface area contributed by atoms with Gasteiger partial charge in [-0.1, -0.05) is 11.2 Å². The van der Waals surface area contributed by atoms with Crippen LogP contribution in [0, 0.1) is 5.82 Å². The minimum Gasteiger partial charge on any atom is -0.444 e. The summed E-state index contributed by atoms with van der Waals surface area (Å²) in [6.45, 7) is 0.275. The Morgan fingerprint density at radius 3 is 3.12 bits per heavy atom. The number of carbonyl (C=O) groups is 1. The van der Waals surface area contributed by atoms with Gasteiger partial charge in [0.05, 0.1) is 24.5 Å². The number of thioether (sulfide) groups is 1. The lowest BCUT2D eigenvalue weighted by Crippen LogP contribution is -2.25. The molecule has 1 fully saturated rings. The van der Waals surface area contributed by atoms with Crippen molar-refractivity contribution in [3.05, 3.63) is 58.3 Å². The molecule has 2 aliphatic rings. The molecule has 0 bridgehead atoms. The van der Waals surface area contributed by atoms with Gasteiger partial charge in [-0.2, -0.15) is 0 Å². The number of hydrogen-bond acceptors (Lipinski definition) is 5. The third-order valence-corrected chi connectivity index (χ3v) is 4.22. The van der Waals surface area contributed by atoms with E-state index in [4.69, 9.17) is 10.3 Å². The van der Waals surface area contributed by atoms with Gasteiger partial charge < -0.3 is 9.64 Å². The number of ether oxygens (including phenoxy) is 1. The van der Waals surface area contributed by atoms with Crippen molar-refractivity contribution in [1.82, 2.24) is 0 Å². The first-order chi connectivity index (χ1) is 11.7. The average molecular weight is 347 g/mol. The zero-order valence-corrected chi connectivity index (χ0v) is 13.4. The van der Waals surface area contributed by atoms with Crippen LogP contribution in [0.1, 0.15) is 0 Å². The molecule has 9 heteroatoms. The van der Waals surface area contributed by atoms with E-state index in [1.165, 1.54) is 11.0 Å². The van der Waals surface area contributed by atoms with E-state index >= 15 is 0 Å². The highest BCUT2D eigenvalue weighted by Gasteiger charge is 2.32. The summed E-state index contributed by atoms with van der Waals surface area (Å²) in [4.78, 5) is 17.6. The molecule has 0 unspecified atom stereocenters. The SMILES string of the molecule is [N-]=[N+]=NC[C@H]1CN(c2ccc(N3C=CCSC=C3)c(F)c2)C(=O)O1. The molecule has 2 heterocycles. The van der Waals surface area contributed by atoms with Gasteiger partial charge in [0.15, 0.2) is 0 Å². The van der Waals surface area contributed by atoms with Gasteiger partial charge in [0, 0.05) is 23.1 Å². The summed E-state index contributed by atoms with van der Waals surface area (Å²) in [5.41, 5.74) is 9.12. The Morgan fingerprint density at radius 2 is 2.33 bits per heavy atom. The van der Waals surface area contributed by atoms with Crippen LogP contribution in [0.4, 0.5) is 20.6 Å². The second-order valence-electron chi connectivity index (χ2n) is 5.08. The van der Waals surface area contributed by atoms with Gasteiger partial charge in [0.1, 0.15) is 11.9 Å². The summed E-state index contributed by atoms with van der Waals surface area (Å²) in [6, 6.07) is 4.57. The summed E-state index contributed by atoms with van der Waals surface area (Å²) in [5.74, 6) is 0.388. The van der Waals surface area contributed by atoms with Crippen molar-refractivity contribution >= 4 is 29.2 Å². The summed E-state index contributed by atoms with van der Waals surface area (Å²) in [7, 11) is 0. The van der Waals surface area contributed by atoms with E-state index in [1.54, 1.807) is 41.2 Å². The van der Waals surface area contributed by atoms with Crippen molar-refractivity contribution in [3.8, 4) is 0 Å². The topological polar surface area (TPSA) is 81.5 Å². The number of amides is 1. The first-order valence-electron chi connectivity index (χ1n) is 7.21. The van der Waals surface area contributed by atoms with Crippen molar-refractivity contribution in [2.45, 2.75) is 6.10 Å². The summed E-state index contributed by atoms with van der Waals surface area (Å²) in [5, 5.41) is 5.29. The van der Waals surface area contributed by atoms with Crippen molar-refractivity contribution in [2.75, 3.05) is 28.6 Å². The van der Waals surface area contributed by atoms with Crippen LogP contribution < -0.4 is 9.80 Å². The molecule has 1 amide bonds. The fourth-order valence-corrected chi connectivity index (χ4v) is 2.94. The monoisotopic (exact) mass is 347 g/mol. The molecule has 1 atom stereocenters. The first-order valence-corrected chi connectivity index (χ1v) is 8.26. The number of carbonyl (C=O) groups excluding carboxylic acids is 1. The standard InChI is InChI=1S/C15H14FN5O2S/c16-13-8-11(21-10-12(9-18-19-17)23-15(21)22)2-3-14(13)20-4-1-6-24-7-5-20/h1-5,7-8,12H,6,9-10H2/t12-/m0/s1. The predicted octanol–water partition coefficient (Wildman–Crippen LogP) is 4.00. The fraction of sp³-hybridized carbons (Fsp3) is 0.267. The highest BCUT2D eigenvalue weighted by Crippen LogP contribution is 2.29. The number of benzene rings is 1. The molecule has 0 saturated carbocycles. The van der Waals surface area contributed by atoms with Gasteiger partial charge in [-0.3, -0.25) is 4.90 Å². The maximum atomic E-state index is 14.5. The Morgan fingerprint density at radius 1 is 1.46 bits per heavy atom. The lowest BCUT2D eigenvalue weighted by atomic mass is 10.2. The predicted molar refractivity (Wildman–Crippen MR) is 91.2 cm³/mol. The molecule has 1 saturated heterocycles. The molecule has 7 nitrogen and oxygen atoms in total. The van der Waals surface area contributed by atoms with E-state index in [-0.39, 0.29) is 13.1 Å². The van der Waals surface area contributed by atoms with Gasteiger partial charge in [0.25, 0.3) is 0 Å². The minimum absolute atomic E-state index is 0.0559. The number of halogens is 1. The molecule has 0 spiro atoms. The largest absolute Gasteiger partial charge is 0.444 e. The van der Waals surface area contributed by atoms with Crippen LogP contribution in [-0.2, 0) is 4.74 Å². The van der Waals surface area contributed by atoms with Crippen molar-refractivity contribution in [3.63, 3.8) is 0 Å². The summed E-state index contributed by atoms with van der Waals surface area (Å²) in [6.07, 6.45) is 4.42. The quantitative estimate of drug-likeness (QED) is 0.468. The van der Waals surface area contributed by atoms with E-state index in [2.05, 4.69) is 10.0 Å². The molecule has 3 rings (SSSR count). The lowest BCUT2D eigenvalue weighted by Gasteiger charge is -2.18. The fourth-order valence-electron chi connectivity index (χ4n) is 2.41. The van der Waals surface area contributed by atoms with Crippen LogP contribution in [0.5, 0.6) is 0 Å². The Hall–Kier alpha value is -2.64. The zero-order valence-electron chi connectivity index (χ0n) is 12.6. The second-order valence-corrected chi connectivity index (χ2v) is 6.01. The van der Waals surface area contributed by atoms with Crippen molar-refractivity contribution in [2.24, 2.45) is 5.11 Å². The van der Waals surface area contributed by atoms with E-state index in [1.807, 2.05) is 11.5 Å². The van der Waals surface area contributed by atoms with E-state index in [9.17, 15) is 9.18 Å². The molecule has 1 aromatic carbocycles. The molecule has 0 aliphatic carbocycles. The van der Waals surface area contributed by atoms with Gasteiger partial charge in [-0.25, -0.2) is 9.18 Å². The Balaban J connectivity index is 1.79. The van der Waals surface area contributed by atoms with Gasteiger partial charge in [-0.05, 0) is 29.1 Å². The Labute approximate surface area is 142 Å². The maximum Gasteiger partial charge on any atom is 0.414 e. The van der Waals surface area contributed by atoms with E-state index < -0.39 is 18.0 Å². The highest BCUT2D eigenvalue weighted by molar-refractivity contribution is 8.02. The smallest absolute Gasteiger partial charge is 0.414 e. The van der Waals surface area contributed by atoms with Gasteiger partial charge in [0.2, 0.25) is 0 Å². The lowest BCUT2D eigenvalue weighted by molar-refractivity contribution is 0.145. The molecule has 2 aliphatic heterocycles. The minimum atomic E-state index is -0.578. The van der Waals surface area contributed by atoms with Crippen molar-refractivity contribution < 1.29 is 13.9 Å². The second kappa shape index (κ2) is 7.29. The molecule has 0 radical (unpaired) electrons. The maximum absolute atomic E-state index is 14.5. The van der Waals surface area contributed by atoms with E-state index in [0.717, 1.165) is 5.75 Å². The van der Waals surface area contributed by atoms with Crippen LogP contribution >= 0.6 is 11.8 Å². The number of anilines is 2. The van der Waals surface area contributed by atoms with Crippen LogP contribution in [-0.4, -0.2) is 31.0 Å². The van der Waals surface area contributed by atoms with Crippen LogP contribution in [0.2, 0.25) is 0 Å². The zero-order chi connectivity index (χ0) is 16.9. The van der Waals surface area contributed by atoms with Gasteiger partial charge >= 0.3 is 6.09 Å². The Bertz CT molecular complexity index is 733. The van der Waals surface area contributed by atoms with Gasteiger partial charge in [-0.15, -0.1) is 11.8 Å². The Kier molecular flexibility index (Phi) is 4.93. The van der Waals surface area contributed by atoms with Crippen LogP contribution in [0.25, 0.3) is 10.4 Å². The highest BCUT2D eigenvalue weighted by atomic mass is 32.2. The van der Waals surface area contributed by atoms with Crippen molar-refractivity contribution in [1.29, 1.82) is 0 Å².